The molecule has 1 aromatic heterocycles. The Bertz CT molecular complexity index is 1330. The molecule has 3 aromatic rings. The van der Waals surface area contributed by atoms with Gasteiger partial charge in [-0.15, -0.1) is 0 Å². The van der Waals surface area contributed by atoms with Gasteiger partial charge >= 0.3 is 0 Å². The van der Waals surface area contributed by atoms with E-state index in [2.05, 4.69) is 14.7 Å². The van der Waals surface area contributed by atoms with Crippen molar-refractivity contribution in [1.29, 1.82) is 5.26 Å². The Morgan fingerprint density at radius 2 is 1.69 bits per heavy atom. The van der Waals surface area contributed by atoms with Crippen LogP contribution in [0.1, 0.15) is 24.5 Å². The second-order valence-electron chi connectivity index (χ2n) is 7.34. The van der Waals surface area contributed by atoms with Crippen molar-refractivity contribution in [2.75, 3.05) is 24.3 Å². The summed E-state index contributed by atoms with van der Waals surface area (Å²) in [7, 11) is -3.58. The smallest absolute Gasteiger partial charge is 0.268 e. The summed E-state index contributed by atoms with van der Waals surface area (Å²) >= 11 is 0.732. The van der Waals surface area contributed by atoms with Crippen LogP contribution in [0.5, 0.6) is 11.5 Å². The molecule has 9 nitrogen and oxygen atoms in total. The van der Waals surface area contributed by atoms with E-state index in [4.69, 9.17) is 9.47 Å². The summed E-state index contributed by atoms with van der Waals surface area (Å²) in [4.78, 5) is 16.2. The van der Waals surface area contributed by atoms with Gasteiger partial charge in [0.1, 0.15) is 23.1 Å². The van der Waals surface area contributed by atoms with Gasteiger partial charge in [0.05, 0.1) is 19.0 Å². The second kappa shape index (κ2) is 12.1. The van der Waals surface area contributed by atoms with Crippen molar-refractivity contribution < 1.29 is 22.7 Å². The monoisotopic (exact) mass is 512 g/mol. The first-order valence-electron chi connectivity index (χ1n) is 10.7. The third-order valence-electron chi connectivity index (χ3n) is 4.69. The molecular formula is C24H24N4O5S2. The summed E-state index contributed by atoms with van der Waals surface area (Å²) in [6.45, 7) is 4.51. The first-order valence-corrected chi connectivity index (χ1v) is 13.1. The number of ether oxygens (including phenoxy) is 2. The van der Waals surface area contributed by atoms with Crippen LogP contribution in [0.4, 0.5) is 5.13 Å². The highest BCUT2D eigenvalue weighted by atomic mass is 32.2. The quantitative estimate of drug-likeness (QED) is 0.231. The van der Waals surface area contributed by atoms with Crippen molar-refractivity contribution in [2.24, 2.45) is 0 Å². The standard InChI is InChI=1S/C24H24N4O5S2/c1-3-35(30,31)24-27-23(34-28-24)26-22(29)19(16-25)15-18-7-11-21(12-8-18)33-14-4-13-32-20-9-5-17(2)6-10-20/h5-12,15H,3-4,13-14H2,1-2H3,(H,26,27,28,29)/b19-15-. The number of carbonyl (C=O) groups is 1. The molecule has 0 saturated carbocycles. The Morgan fingerprint density at radius 3 is 2.26 bits per heavy atom. The fraction of sp³-hybridized carbons (Fsp3) is 0.250. The Morgan fingerprint density at radius 1 is 1.09 bits per heavy atom. The molecule has 1 amide bonds. The van der Waals surface area contributed by atoms with Gasteiger partial charge in [0.25, 0.3) is 11.1 Å². The molecule has 0 aliphatic carbocycles. The minimum Gasteiger partial charge on any atom is -0.493 e. The van der Waals surface area contributed by atoms with Crippen molar-refractivity contribution in [3.8, 4) is 17.6 Å². The molecular weight excluding hydrogens is 488 g/mol. The number of anilines is 1. The summed E-state index contributed by atoms with van der Waals surface area (Å²) in [5.74, 6) is 0.611. The molecule has 3 rings (SSSR count). The maximum absolute atomic E-state index is 12.4. The molecule has 0 fully saturated rings. The van der Waals surface area contributed by atoms with Crippen molar-refractivity contribution >= 4 is 38.5 Å². The molecule has 2 aromatic carbocycles. The lowest BCUT2D eigenvalue weighted by Gasteiger charge is -2.08. The van der Waals surface area contributed by atoms with Crippen LogP contribution in [0.15, 0.2) is 59.3 Å². The number of carbonyl (C=O) groups excluding carboxylic acids is 1. The van der Waals surface area contributed by atoms with E-state index in [0.717, 1.165) is 17.3 Å². The lowest BCUT2D eigenvalue weighted by Crippen LogP contribution is -2.13. The van der Waals surface area contributed by atoms with Crippen LogP contribution in [-0.4, -0.2) is 42.6 Å². The van der Waals surface area contributed by atoms with E-state index in [1.807, 2.05) is 37.3 Å². The molecule has 0 saturated heterocycles. The highest BCUT2D eigenvalue weighted by molar-refractivity contribution is 7.91. The first-order chi connectivity index (χ1) is 16.8. The Kier molecular flexibility index (Phi) is 8.94. The van der Waals surface area contributed by atoms with E-state index >= 15 is 0 Å². The van der Waals surface area contributed by atoms with Gasteiger partial charge in [0.15, 0.2) is 0 Å². The topological polar surface area (TPSA) is 131 Å². The van der Waals surface area contributed by atoms with E-state index in [-0.39, 0.29) is 21.6 Å². The van der Waals surface area contributed by atoms with Gasteiger partial charge < -0.3 is 9.47 Å². The Labute approximate surface area is 208 Å². The summed E-state index contributed by atoms with van der Waals surface area (Å²) in [5, 5.41) is 11.4. The third kappa shape index (κ3) is 7.63. The number of aromatic nitrogens is 2. The molecule has 0 radical (unpaired) electrons. The number of rotatable bonds is 11. The minimum absolute atomic E-state index is 0.00159. The highest BCUT2D eigenvalue weighted by Crippen LogP contribution is 2.19. The lowest BCUT2D eigenvalue weighted by atomic mass is 10.1. The van der Waals surface area contributed by atoms with E-state index in [0.29, 0.717) is 30.9 Å². The zero-order chi connectivity index (χ0) is 25.3. The van der Waals surface area contributed by atoms with Crippen LogP contribution >= 0.6 is 11.5 Å². The summed E-state index contributed by atoms with van der Waals surface area (Å²) in [6, 6.07) is 16.6. The molecule has 0 atom stereocenters. The fourth-order valence-electron chi connectivity index (χ4n) is 2.73. The van der Waals surface area contributed by atoms with Crippen LogP contribution in [0, 0.1) is 18.3 Å². The zero-order valence-electron chi connectivity index (χ0n) is 19.2. The number of hydrogen-bond acceptors (Lipinski definition) is 9. The van der Waals surface area contributed by atoms with Crippen LogP contribution in [0.2, 0.25) is 0 Å². The molecule has 1 heterocycles. The maximum atomic E-state index is 12.4. The maximum Gasteiger partial charge on any atom is 0.268 e. The molecule has 1 N–H and O–H groups in total. The van der Waals surface area contributed by atoms with E-state index in [1.165, 1.54) is 18.6 Å². The molecule has 0 spiro atoms. The van der Waals surface area contributed by atoms with Gasteiger partial charge in [-0.2, -0.15) is 14.6 Å². The van der Waals surface area contributed by atoms with Gasteiger partial charge in [-0.05, 0) is 42.8 Å². The number of sulfone groups is 1. The van der Waals surface area contributed by atoms with Crippen LogP contribution in [0.3, 0.4) is 0 Å². The average molecular weight is 513 g/mol. The van der Waals surface area contributed by atoms with E-state index < -0.39 is 15.7 Å². The molecule has 11 heteroatoms. The number of nitriles is 1. The van der Waals surface area contributed by atoms with Crippen molar-refractivity contribution in [3.05, 3.63) is 65.2 Å². The third-order valence-corrected chi connectivity index (χ3v) is 6.93. The minimum atomic E-state index is -3.58. The van der Waals surface area contributed by atoms with E-state index in [1.54, 1.807) is 24.3 Å². The number of nitrogens with one attached hydrogen (secondary N) is 1. The first kappa shape index (κ1) is 25.9. The SMILES string of the molecule is CCS(=O)(=O)c1nsc(NC(=O)/C(C#N)=C\c2ccc(OCCCOc3ccc(C)cc3)cc2)n1. The van der Waals surface area contributed by atoms with Gasteiger partial charge in [-0.3, -0.25) is 10.1 Å². The summed E-state index contributed by atoms with van der Waals surface area (Å²) in [5.41, 5.74) is 1.64. The summed E-state index contributed by atoms with van der Waals surface area (Å²) < 4.78 is 38.8. The van der Waals surface area contributed by atoms with Crippen molar-refractivity contribution in [1.82, 2.24) is 9.36 Å². The van der Waals surface area contributed by atoms with Gasteiger partial charge in [0, 0.05) is 18.0 Å². The number of aryl methyl sites for hydroxylation is 1. The number of amides is 1. The zero-order valence-corrected chi connectivity index (χ0v) is 20.9. The molecule has 0 bridgehead atoms. The van der Waals surface area contributed by atoms with Crippen molar-refractivity contribution in [3.63, 3.8) is 0 Å². The predicted octanol–water partition coefficient (Wildman–Crippen LogP) is 4.03. The number of nitrogens with zero attached hydrogens (tertiary/aromatic N) is 3. The predicted molar refractivity (Wildman–Crippen MR) is 133 cm³/mol. The normalized spacial score (nSPS) is 11.5. The van der Waals surface area contributed by atoms with E-state index in [9.17, 15) is 18.5 Å². The van der Waals surface area contributed by atoms with Crippen molar-refractivity contribution in [2.45, 2.75) is 25.4 Å². The molecule has 0 aliphatic heterocycles. The molecule has 0 aliphatic rings. The fourth-order valence-corrected chi connectivity index (χ4v) is 4.31. The van der Waals surface area contributed by atoms with Gasteiger partial charge in [0.2, 0.25) is 15.0 Å². The van der Waals surface area contributed by atoms with Crippen LogP contribution in [-0.2, 0) is 14.6 Å². The Hall–Kier alpha value is -3.75. The number of benzene rings is 2. The molecule has 35 heavy (non-hydrogen) atoms. The highest BCUT2D eigenvalue weighted by Gasteiger charge is 2.20. The van der Waals surface area contributed by atoms with Gasteiger partial charge in [-0.25, -0.2) is 8.42 Å². The van der Waals surface area contributed by atoms with Crippen LogP contribution < -0.4 is 14.8 Å². The summed E-state index contributed by atoms with van der Waals surface area (Å²) in [6.07, 6.45) is 2.13. The molecule has 0 unspecified atom stereocenters. The van der Waals surface area contributed by atoms with Crippen LogP contribution in [0.25, 0.3) is 6.08 Å². The largest absolute Gasteiger partial charge is 0.493 e. The average Bonchev–Trinajstić information content (AvgIpc) is 3.33. The lowest BCUT2D eigenvalue weighted by molar-refractivity contribution is -0.112. The Balaban J connectivity index is 1.50. The molecule has 182 valence electrons. The van der Waals surface area contributed by atoms with Gasteiger partial charge in [-0.1, -0.05) is 36.8 Å². The number of hydrogen-bond donors (Lipinski definition) is 1. The second-order valence-corrected chi connectivity index (χ2v) is 10.3.